The predicted octanol–water partition coefficient (Wildman–Crippen LogP) is 6.38. The van der Waals surface area contributed by atoms with Crippen LogP contribution in [0.3, 0.4) is 0 Å². The molecule has 5 nitrogen and oxygen atoms in total. The fourth-order valence-corrected chi connectivity index (χ4v) is 6.89. The fourth-order valence-electron chi connectivity index (χ4n) is 6.77. The van der Waals surface area contributed by atoms with Gasteiger partial charge >= 0.3 is 0 Å². The minimum absolute atomic E-state index is 0.00101. The van der Waals surface area contributed by atoms with E-state index in [1.165, 1.54) is 6.07 Å². The third kappa shape index (κ3) is 5.70. The van der Waals surface area contributed by atoms with Crippen molar-refractivity contribution in [3.8, 4) is 5.75 Å². The van der Waals surface area contributed by atoms with Gasteiger partial charge in [0.05, 0.1) is 12.0 Å². The first kappa shape index (κ1) is 27.0. The second-order valence-electron chi connectivity index (χ2n) is 11.5. The van der Waals surface area contributed by atoms with Crippen molar-refractivity contribution in [1.82, 2.24) is 9.80 Å². The monoisotopic (exact) mass is 540 g/mol. The number of benzene rings is 2. The first-order valence-electron chi connectivity index (χ1n) is 14.1. The molecule has 3 fully saturated rings. The Kier molecular flexibility index (Phi) is 8.27. The second kappa shape index (κ2) is 11.6. The molecule has 1 saturated carbocycles. The fraction of sp³-hybridized carbons (Fsp3) is 0.548. The van der Waals surface area contributed by atoms with E-state index < -0.39 is 10.8 Å². The topological polar surface area (TPSA) is 49.9 Å². The zero-order chi connectivity index (χ0) is 26.6. The average Bonchev–Trinajstić information content (AvgIpc) is 3.44. The summed E-state index contributed by atoms with van der Waals surface area (Å²) in [6.07, 6.45) is 8.30. The number of nitrogens with zero attached hydrogens (tertiary/aromatic N) is 2. The van der Waals surface area contributed by atoms with Crippen LogP contribution in [0.15, 0.2) is 48.5 Å². The molecular weight excluding hydrogens is 503 g/mol. The molecule has 0 radical (unpaired) electrons. The lowest BCUT2D eigenvalue weighted by atomic mass is 9.73. The molecule has 2 aromatic carbocycles. The number of rotatable bonds is 7. The molecule has 7 heteroatoms. The Balaban J connectivity index is 1.40. The summed E-state index contributed by atoms with van der Waals surface area (Å²) in [6.45, 7) is 2.99. The Bertz CT molecular complexity index is 1130. The highest BCUT2D eigenvalue weighted by Crippen LogP contribution is 2.45. The van der Waals surface area contributed by atoms with Crippen LogP contribution in [0.5, 0.6) is 5.75 Å². The third-order valence-electron chi connectivity index (χ3n) is 8.80. The van der Waals surface area contributed by atoms with Gasteiger partial charge in [0.1, 0.15) is 11.6 Å². The van der Waals surface area contributed by atoms with Crippen LogP contribution < -0.4 is 4.74 Å². The van der Waals surface area contributed by atoms with Crippen molar-refractivity contribution in [3.63, 3.8) is 0 Å². The standard InChI is InChI=1S/C31H38ClFN2O3/c32-24-11-13-25(14-12-24)38-23-30(21-28(36)34-18-6-1-7-19-34)15-8-20-35(22-30)29(37)31(16-4-5-17-31)26-9-2-3-10-27(26)33/h2-3,9-14H,1,4-8,15-23H2/t30-/m0/s1. The van der Waals surface area contributed by atoms with Gasteiger partial charge in [0.15, 0.2) is 0 Å². The van der Waals surface area contributed by atoms with E-state index in [-0.39, 0.29) is 17.6 Å². The molecule has 0 aromatic heterocycles. The number of likely N-dealkylation sites (tertiary alicyclic amines) is 2. The van der Waals surface area contributed by atoms with E-state index in [1.54, 1.807) is 24.3 Å². The third-order valence-corrected chi connectivity index (χ3v) is 9.05. The van der Waals surface area contributed by atoms with Crippen LogP contribution in [0.1, 0.15) is 69.8 Å². The van der Waals surface area contributed by atoms with Crippen LogP contribution in [0, 0.1) is 11.2 Å². The highest BCUT2D eigenvalue weighted by atomic mass is 35.5. The molecular formula is C31H38ClFN2O3. The van der Waals surface area contributed by atoms with E-state index >= 15 is 4.39 Å². The lowest BCUT2D eigenvalue weighted by molar-refractivity contribution is -0.145. The molecule has 204 valence electrons. The summed E-state index contributed by atoms with van der Waals surface area (Å²) in [5, 5.41) is 0.636. The second-order valence-corrected chi connectivity index (χ2v) is 11.9. The maximum atomic E-state index is 15.0. The van der Waals surface area contributed by atoms with Crippen molar-refractivity contribution >= 4 is 23.4 Å². The van der Waals surface area contributed by atoms with Crippen LogP contribution in [0.25, 0.3) is 0 Å². The molecule has 2 amide bonds. The number of carbonyl (C=O) groups is 2. The SMILES string of the molecule is O=C(C[C@@]1(COc2ccc(Cl)cc2)CCCN(C(=O)C2(c3ccccc3F)CCCC2)C1)N1CCCCC1. The smallest absolute Gasteiger partial charge is 0.233 e. The summed E-state index contributed by atoms with van der Waals surface area (Å²) in [5.41, 5.74) is -0.820. The van der Waals surface area contributed by atoms with Gasteiger partial charge < -0.3 is 14.5 Å². The molecule has 0 N–H and O–H groups in total. The number of piperidine rings is 2. The Hall–Kier alpha value is -2.60. The van der Waals surface area contributed by atoms with Crippen molar-refractivity contribution in [2.24, 2.45) is 5.41 Å². The zero-order valence-electron chi connectivity index (χ0n) is 22.1. The maximum absolute atomic E-state index is 15.0. The molecule has 38 heavy (non-hydrogen) atoms. The summed E-state index contributed by atoms with van der Waals surface area (Å²) >= 11 is 6.06. The van der Waals surface area contributed by atoms with Gasteiger partial charge in [-0.3, -0.25) is 9.59 Å². The van der Waals surface area contributed by atoms with Gasteiger partial charge in [-0.25, -0.2) is 4.39 Å². The average molecular weight is 541 g/mol. The van der Waals surface area contributed by atoms with Gasteiger partial charge in [-0.15, -0.1) is 0 Å². The van der Waals surface area contributed by atoms with E-state index in [0.717, 1.165) is 58.0 Å². The number of ether oxygens (including phenoxy) is 1. The minimum Gasteiger partial charge on any atom is -0.493 e. The number of hydrogen-bond acceptors (Lipinski definition) is 3. The Labute approximate surface area is 230 Å². The normalized spacial score (nSPS) is 23.3. The quantitative estimate of drug-likeness (QED) is 0.409. The number of halogens is 2. The van der Waals surface area contributed by atoms with Crippen LogP contribution >= 0.6 is 11.6 Å². The van der Waals surface area contributed by atoms with Gasteiger partial charge in [-0.05, 0) is 75.3 Å². The van der Waals surface area contributed by atoms with Crippen molar-refractivity contribution in [2.75, 3.05) is 32.8 Å². The van der Waals surface area contributed by atoms with E-state index in [9.17, 15) is 9.59 Å². The van der Waals surface area contributed by atoms with Gasteiger partial charge in [0.2, 0.25) is 11.8 Å². The predicted molar refractivity (Wildman–Crippen MR) is 147 cm³/mol. The van der Waals surface area contributed by atoms with Crippen molar-refractivity contribution < 1.29 is 18.7 Å². The molecule has 0 bridgehead atoms. The van der Waals surface area contributed by atoms with E-state index in [0.29, 0.717) is 55.3 Å². The molecule has 2 aromatic rings. The van der Waals surface area contributed by atoms with E-state index in [4.69, 9.17) is 16.3 Å². The lowest BCUT2D eigenvalue weighted by Gasteiger charge is -2.46. The zero-order valence-corrected chi connectivity index (χ0v) is 22.9. The summed E-state index contributed by atoms with van der Waals surface area (Å²) in [5.74, 6) is 0.531. The molecule has 2 heterocycles. The lowest BCUT2D eigenvalue weighted by Crippen LogP contribution is -2.55. The molecule has 1 atom stereocenters. The Morgan fingerprint density at radius 1 is 0.842 bits per heavy atom. The molecule has 0 spiro atoms. The highest BCUT2D eigenvalue weighted by molar-refractivity contribution is 6.30. The maximum Gasteiger partial charge on any atom is 0.233 e. The summed E-state index contributed by atoms with van der Waals surface area (Å²) in [6, 6.07) is 14.0. The number of carbonyl (C=O) groups excluding carboxylic acids is 2. The van der Waals surface area contributed by atoms with E-state index in [2.05, 4.69) is 0 Å². The molecule has 1 aliphatic carbocycles. The van der Waals surface area contributed by atoms with Crippen molar-refractivity contribution in [3.05, 3.63) is 64.9 Å². The van der Waals surface area contributed by atoms with Gasteiger partial charge in [0, 0.05) is 48.6 Å². The summed E-state index contributed by atoms with van der Waals surface area (Å²) < 4.78 is 21.3. The Morgan fingerprint density at radius 3 is 2.24 bits per heavy atom. The van der Waals surface area contributed by atoms with Crippen LogP contribution in [-0.2, 0) is 15.0 Å². The highest BCUT2D eigenvalue weighted by Gasteiger charge is 2.49. The largest absolute Gasteiger partial charge is 0.493 e. The van der Waals surface area contributed by atoms with Gasteiger partial charge in [-0.2, -0.15) is 0 Å². The molecule has 0 unspecified atom stereocenters. The van der Waals surface area contributed by atoms with Gasteiger partial charge in [-0.1, -0.05) is 42.6 Å². The van der Waals surface area contributed by atoms with Crippen LogP contribution in [-0.4, -0.2) is 54.4 Å². The minimum atomic E-state index is -0.831. The van der Waals surface area contributed by atoms with Crippen LogP contribution in [0.4, 0.5) is 4.39 Å². The number of amides is 2. The van der Waals surface area contributed by atoms with E-state index in [1.807, 2.05) is 28.0 Å². The van der Waals surface area contributed by atoms with Crippen molar-refractivity contribution in [1.29, 1.82) is 0 Å². The number of hydrogen-bond donors (Lipinski definition) is 0. The van der Waals surface area contributed by atoms with Crippen LogP contribution in [0.2, 0.25) is 5.02 Å². The van der Waals surface area contributed by atoms with Gasteiger partial charge in [0.25, 0.3) is 0 Å². The first-order chi connectivity index (χ1) is 18.4. The molecule has 2 saturated heterocycles. The Morgan fingerprint density at radius 2 is 1.53 bits per heavy atom. The summed E-state index contributed by atoms with van der Waals surface area (Å²) in [7, 11) is 0. The molecule has 3 aliphatic rings. The first-order valence-corrected chi connectivity index (χ1v) is 14.5. The summed E-state index contributed by atoms with van der Waals surface area (Å²) in [4.78, 5) is 31.7. The molecule has 5 rings (SSSR count). The molecule has 2 aliphatic heterocycles. The van der Waals surface area contributed by atoms with Crippen molar-refractivity contribution in [2.45, 2.75) is 69.6 Å².